The van der Waals surface area contributed by atoms with E-state index in [-0.39, 0.29) is 12.2 Å². The Labute approximate surface area is 104 Å². The molecule has 2 N–H and O–H groups in total. The van der Waals surface area contributed by atoms with Gasteiger partial charge in [0, 0.05) is 0 Å². The molecule has 0 atom stereocenters. The number of hydrogen-bond donors (Lipinski definition) is 2. The van der Waals surface area contributed by atoms with Gasteiger partial charge in [-0.3, -0.25) is 5.26 Å². The molecule has 0 saturated heterocycles. The Morgan fingerprint density at radius 2 is 1.44 bits per heavy atom. The summed E-state index contributed by atoms with van der Waals surface area (Å²) in [6.07, 6.45) is 0. The van der Waals surface area contributed by atoms with Gasteiger partial charge in [-0.15, -0.1) is 0 Å². The van der Waals surface area contributed by atoms with Crippen LogP contribution in [-0.2, 0) is 11.5 Å². The van der Waals surface area contributed by atoms with Crippen LogP contribution in [0.5, 0.6) is 0 Å². The minimum atomic E-state index is -0.933. The largest absolute Gasteiger partial charge is 0.478 e. The molecule has 0 saturated carbocycles. The van der Waals surface area contributed by atoms with Crippen LogP contribution in [0.4, 0.5) is 0 Å². The molecule has 0 amide bonds. The van der Waals surface area contributed by atoms with Gasteiger partial charge in [-0.25, -0.2) is 9.68 Å². The van der Waals surface area contributed by atoms with Crippen LogP contribution in [0.1, 0.15) is 15.9 Å². The molecular weight excluding hydrogens is 232 g/mol. The number of benzene rings is 2. The number of rotatable bonds is 4. The second-order valence-corrected chi connectivity index (χ2v) is 3.85. The van der Waals surface area contributed by atoms with Crippen LogP contribution in [0.25, 0.3) is 11.1 Å². The molecule has 18 heavy (non-hydrogen) atoms. The van der Waals surface area contributed by atoms with E-state index in [1.54, 1.807) is 24.3 Å². The lowest BCUT2D eigenvalue weighted by atomic mass is 10.0. The summed E-state index contributed by atoms with van der Waals surface area (Å²) < 4.78 is 0. The third kappa shape index (κ3) is 2.74. The molecule has 0 spiro atoms. The molecular formula is C14H12O4. The van der Waals surface area contributed by atoms with Crippen molar-refractivity contribution in [2.75, 3.05) is 0 Å². The Balaban J connectivity index is 2.23. The second-order valence-electron chi connectivity index (χ2n) is 3.85. The fourth-order valence-corrected chi connectivity index (χ4v) is 1.67. The molecule has 0 aliphatic heterocycles. The summed E-state index contributed by atoms with van der Waals surface area (Å²) in [5.74, 6) is -0.933. The standard InChI is InChI=1S/C14H12O4/c15-14(16)13-7-5-12(6-8-13)11-3-1-10(2-4-11)9-18-17/h1-8,17H,9H2,(H,15,16). The Kier molecular flexibility index (Phi) is 3.72. The molecule has 2 aromatic carbocycles. The zero-order chi connectivity index (χ0) is 13.0. The third-order valence-electron chi connectivity index (χ3n) is 2.65. The molecule has 0 unspecified atom stereocenters. The minimum Gasteiger partial charge on any atom is -0.478 e. The summed E-state index contributed by atoms with van der Waals surface area (Å²) in [5, 5.41) is 17.1. The van der Waals surface area contributed by atoms with Crippen LogP contribution in [0.15, 0.2) is 48.5 Å². The van der Waals surface area contributed by atoms with Crippen molar-refractivity contribution in [1.82, 2.24) is 0 Å². The van der Waals surface area contributed by atoms with Crippen LogP contribution in [0, 0.1) is 0 Å². The van der Waals surface area contributed by atoms with Gasteiger partial charge in [0.2, 0.25) is 0 Å². The van der Waals surface area contributed by atoms with Gasteiger partial charge < -0.3 is 5.11 Å². The maximum Gasteiger partial charge on any atom is 0.335 e. The van der Waals surface area contributed by atoms with E-state index in [2.05, 4.69) is 4.89 Å². The van der Waals surface area contributed by atoms with Crippen molar-refractivity contribution >= 4 is 5.97 Å². The first-order valence-electron chi connectivity index (χ1n) is 5.40. The molecule has 4 nitrogen and oxygen atoms in total. The lowest BCUT2D eigenvalue weighted by Gasteiger charge is -2.04. The molecule has 0 aliphatic carbocycles. The zero-order valence-electron chi connectivity index (χ0n) is 9.54. The third-order valence-corrected chi connectivity index (χ3v) is 2.65. The summed E-state index contributed by atoms with van der Waals surface area (Å²) in [6, 6.07) is 14.1. The first kappa shape index (κ1) is 12.3. The Bertz CT molecular complexity index is 529. The summed E-state index contributed by atoms with van der Waals surface area (Å²) in [7, 11) is 0. The van der Waals surface area contributed by atoms with Gasteiger partial charge >= 0.3 is 5.97 Å². The van der Waals surface area contributed by atoms with E-state index in [0.29, 0.717) is 0 Å². The monoisotopic (exact) mass is 244 g/mol. The van der Waals surface area contributed by atoms with Crippen molar-refractivity contribution in [2.24, 2.45) is 0 Å². The molecule has 0 aliphatic rings. The van der Waals surface area contributed by atoms with E-state index in [0.717, 1.165) is 16.7 Å². The van der Waals surface area contributed by atoms with Crippen molar-refractivity contribution < 1.29 is 20.0 Å². The van der Waals surface area contributed by atoms with Gasteiger partial charge in [0.1, 0.15) is 6.61 Å². The van der Waals surface area contributed by atoms with Gasteiger partial charge in [0.15, 0.2) is 0 Å². The lowest BCUT2D eigenvalue weighted by molar-refractivity contribution is -0.253. The van der Waals surface area contributed by atoms with Gasteiger partial charge in [-0.1, -0.05) is 36.4 Å². The van der Waals surface area contributed by atoms with Crippen LogP contribution in [0.2, 0.25) is 0 Å². The molecule has 0 heterocycles. The van der Waals surface area contributed by atoms with Crippen molar-refractivity contribution in [3.63, 3.8) is 0 Å². The summed E-state index contributed by atoms with van der Waals surface area (Å²) in [4.78, 5) is 14.8. The van der Waals surface area contributed by atoms with E-state index in [1.807, 2.05) is 24.3 Å². The maximum atomic E-state index is 10.7. The van der Waals surface area contributed by atoms with Gasteiger partial charge in [-0.2, -0.15) is 0 Å². The lowest BCUT2D eigenvalue weighted by Crippen LogP contribution is -1.95. The van der Waals surface area contributed by atoms with Crippen LogP contribution in [0.3, 0.4) is 0 Å². The zero-order valence-corrected chi connectivity index (χ0v) is 9.54. The first-order valence-corrected chi connectivity index (χ1v) is 5.40. The quantitative estimate of drug-likeness (QED) is 0.640. The van der Waals surface area contributed by atoms with Crippen molar-refractivity contribution in [2.45, 2.75) is 6.61 Å². The highest BCUT2D eigenvalue weighted by Gasteiger charge is 2.03. The van der Waals surface area contributed by atoms with E-state index >= 15 is 0 Å². The molecule has 0 fully saturated rings. The SMILES string of the molecule is O=C(O)c1ccc(-c2ccc(COO)cc2)cc1. The molecule has 2 aromatic rings. The predicted molar refractivity (Wildman–Crippen MR) is 66.3 cm³/mol. The molecule has 0 bridgehead atoms. The topological polar surface area (TPSA) is 66.8 Å². The van der Waals surface area contributed by atoms with Gasteiger partial charge in [0.25, 0.3) is 0 Å². The van der Waals surface area contributed by atoms with Crippen LogP contribution < -0.4 is 0 Å². The molecule has 4 heteroatoms. The highest BCUT2D eigenvalue weighted by atomic mass is 17.1. The smallest absolute Gasteiger partial charge is 0.335 e. The van der Waals surface area contributed by atoms with Crippen LogP contribution >= 0.6 is 0 Å². The fraction of sp³-hybridized carbons (Fsp3) is 0.0714. The van der Waals surface area contributed by atoms with E-state index in [9.17, 15) is 4.79 Å². The highest BCUT2D eigenvalue weighted by Crippen LogP contribution is 2.20. The molecule has 0 aromatic heterocycles. The summed E-state index contributed by atoms with van der Waals surface area (Å²) in [6.45, 7) is 0.151. The van der Waals surface area contributed by atoms with Crippen LogP contribution in [-0.4, -0.2) is 16.3 Å². The average Bonchev–Trinajstić information content (AvgIpc) is 2.40. The highest BCUT2D eigenvalue weighted by molar-refractivity contribution is 5.88. The minimum absolute atomic E-state index is 0.151. The van der Waals surface area contributed by atoms with Crippen molar-refractivity contribution in [3.8, 4) is 11.1 Å². The first-order chi connectivity index (χ1) is 8.70. The predicted octanol–water partition coefficient (Wildman–Crippen LogP) is 3.04. The number of carboxylic acids is 1. The number of hydrogen-bond acceptors (Lipinski definition) is 3. The molecule has 92 valence electrons. The van der Waals surface area contributed by atoms with E-state index < -0.39 is 5.97 Å². The average molecular weight is 244 g/mol. The second kappa shape index (κ2) is 5.44. The number of carbonyl (C=O) groups is 1. The Hall–Kier alpha value is -2.17. The maximum absolute atomic E-state index is 10.7. The van der Waals surface area contributed by atoms with Gasteiger partial charge in [0.05, 0.1) is 5.56 Å². The Morgan fingerprint density at radius 1 is 0.944 bits per heavy atom. The number of carboxylic acid groups (broad SMARTS) is 1. The molecule has 0 radical (unpaired) electrons. The summed E-state index contributed by atoms with van der Waals surface area (Å²) >= 11 is 0. The number of aromatic carboxylic acids is 1. The molecule has 2 rings (SSSR count). The normalized spacial score (nSPS) is 10.3. The van der Waals surface area contributed by atoms with E-state index in [1.165, 1.54) is 0 Å². The fourth-order valence-electron chi connectivity index (χ4n) is 1.67. The summed E-state index contributed by atoms with van der Waals surface area (Å²) in [5.41, 5.74) is 3.05. The van der Waals surface area contributed by atoms with Crippen molar-refractivity contribution in [3.05, 3.63) is 59.7 Å². The van der Waals surface area contributed by atoms with E-state index in [4.69, 9.17) is 10.4 Å². The van der Waals surface area contributed by atoms with Gasteiger partial charge in [-0.05, 0) is 28.8 Å². The van der Waals surface area contributed by atoms with Crippen molar-refractivity contribution in [1.29, 1.82) is 0 Å². The Morgan fingerprint density at radius 3 is 1.89 bits per heavy atom.